The zero-order chi connectivity index (χ0) is 9.52. The second-order valence-corrected chi connectivity index (χ2v) is 3.80. The standard InChI is InChI=1S/C10H22N2O/c1-13-10(5-6-11)9-12-7-3-2-4-8-12/h10H,2-9,11H2,1H3. The van der Waals surface area contributed by atoms with Gasteiger partial charge in [0.2, 0.25) is 0 Å². The van der Waals surface area contributed by atoms with E-state index < -0.39 is 0 Å². The number of likely N-dealkylation sites (tertiary alicyclic amines) is 1. The lowest BCUT2D eigenvalue weighted by Gasteiger charge is -2.29. The molecule has 0 saturated carbocycles. The first kappa shape index (κ1) is 11.0. The Balaban J connectivity index is 2.18. The number of rotatable bonds is 5. The number of hydrogen-bond donors (Lipinski definition) is 1. The van der Waals surface area contributed by atoms with Crippen LogP contribution in [-0.2, 0) is 4.74 Å². The molecule has 0 spiro atoms. The molecule has 0 radical (unpaired) electrons. The Bertz CT molecular complexity index is 121. The van der Waals surface area contributed by atoms with Crippen molar-refractivity contribution in [2.24, 2.45) is 5.73 Å². The maximum absolute atomic E-state index is 5.51. The third-order valence-corrected chi connectivity index (χ3v) is 2.73. The summed E-state index contributed by atoms with van der Waals surface area (Å²) in [5.74, 6) is 0. The smallest absolute Gasteiger partial charge is 0.0710 e. The Hall–Kier alpha value is -0.120. The quantitative estimate of drug-likeness (QED) is 0.691. The highest BCUT2D eigenvalue weighted by Gasteiger charge is 2.14. The zero-order valence-corrected chi connectivity index (χ0v) is 8.67. The van der Waals surface area contributed by atoms with E-state index >= 15 is 0 Å². The van der Waals surface area contributed by atoms with Gasteiger partial charge in [-0.2, -0.15) is 0 Å². The van der Waals surface area contributed by atoms with Crippen LogP contribution in [0.2, 0.25) is 0 Å². The molecule has 1 aliphatic heterocycles. The zero-order valence-electron chi connectivity index (χ0n) is 8.67. The second kappa shape index (κ2) is 6.35. The summed E-state index contributed by atoms with van der Waals surface area (Å²) >= 11 is 0. The first-order chi connectivity index (χ1) is 6.36. The van der Waals surface area contributed by atoms with Gasteiger partial charge in [-0.3, -0.25) is 0 Å². The summed E-state index contributed by atoms with van der Waals surface area (Å²) in [6, 6.07) is 0. The summed E-state index contributed by atoms with van der Waals surface area (Å²) in [5, 5.41) is 0. The molecule has 1 saturated heterocycles. The Labute approximate surface area is 81.2 Å². The third-order valence-electron chi connectivity index (χ3n) is 2.73. The maximum Gasteiger partial charge on any atom is 0.0710 e. The largest absolute Gasteiger partial charge is 0.380 e. The van der Waals surface area contributed by atoms with Crippen molar-refractivity contribution in [3.05, 3.63) is 0 Å². The van der Waals surface area contributed by atoms with E-state index in [-0.39, 0.29) is 0 Å². The normalized spacial score (nSPS) is 21.7. The Morgan fingerprint density at radius 3 is 2.54 bits per heavy atom. The lowest BCUT2D eigenvalue weighted by Crippen LogP contribution is -2.37. The minimum Gasteiger partial charge on any atom is -0.380 e. The lowest BCUT2D eigenvalue weighted by atomic mass is 10.1. The molecule has 0 bridgehead atoms. The van der Waals surface area contributed by atoms with Crippen LogP contribution in [-0.4, -0.2) is 44.3 Å². The van der Waals surface area contributed by atoms with Crippen LogP contribution in [0.1, 0.15) is 25.7 Å². The summed E-state index contributed by atoms with van der Waals surface area (Å²) in [4.78, 5) is 2.49. The number of nitrogens with zero attached hydrogens (tertiary/aromatic N) is 1. The van der Waals surface area contributed by atoms with Gasteiger partial charge in [-0.05, 0) is 38.9 Å². The second-order valence-electron chi connectivity index (χ2n) is 3.80. The van der Waals surface area contributed by atoms with Gasteiger partial charge in [-0.1, -0.05) is 6.42 Å². The van der Waals surface area contributed by atoms with E-state index in [1.807, 2.05) is 0 Å². The van der Waals surface area contributed by atoms with Crippen LogP contribution in [0.3, 0.4) is 0 Å². The van der Waals surface area contributed by atoms with Gasteiger partial charge in [-0.25, -0.2) is 0 Å². The minimum absolute atomic E-state index is 0.336. The fraction of sp³-hybridized carbons (Fsp3) is 1.00. The van der Waals surface area contributed by atoms with Gasteiger partial charge in [0.15, 0.2) is 0 Å². The Morgan fingerprint density at radius 1 is 1.31 bits per heavy atom. The molecule has 13 heavy (non-hydrogen) atoms. The summed E-state index contributed by atoms with van der Waals surface area (Å²) in [6.45, 7) is 4.27. The predicted octanol–water partition coefficient (Wildman–Crippen LogP) is 0.836. The summed E-state index contributed by atoms with van der Waals surface area (Å²) in [6.07, 6.45) is 5.40. The monoisotopic (exact) mass is 186 g/mol. The molecule has 1 fully saturated rings. The molecule has 1 rings (SSSR count). The van der Waals surface area contributed by atoms with E-state index in [9.17, 15) is 0 Å². The Kier molecular flexibility index (Phi) is 5.35. The number of nitrogens with two attached hydrogens (primary N) is 1. The van der Waals surface area contributed by atoms with Crippen molar-refractivity contribution >= 4 is 0 Å². The molecule has 1 aliphatic rings. The van der Waals surface area contributed by atoms with E-state index in [0.717, 1.165) is 19.5 Å². The first-order valence-electron chi connectivity index (χ1n) is 5.32. The molecule has 1 heterocycles. The van der Waals surface area contributed by atoms with E-state index in [0.29, 0.717) is 6.10 Å². The van der Waals surface area contributed by atoms with Crippen LogP contribution in [0.15, 0.2) is 0 Å². The first-order valence-corrected chi connectivity index (χ1v) is 5.32. The van der Waals surface area contributed by atoms with Crippen LogP contribution in [0.4, 0.5) is 0 Å². The topological polar surface area (TPSA) is 38.5 Å². The fourth-order valence-corrected chi connectivity index (χ4v) is 1.90. The van der Waals surface area contributed by atoms with Crippen LogP contribution < -0.4 is 5.73 Å². The number of methoxy groups -OCH3 is 1. The van der Waals surface area contributed by atoms with Crippen LogP contribution >= 0.6 is 0 Å². The van der Waals surface area contributed by atoms with E-state index in [4.69, 9.17) is 10.5 Å². The molecule has 0 aromatic heterocycles. The number of ether oxygens (including phenoxy) is 1. The van der Waals surface area contributed by atoms with Crippen molar-refractivity contribution in [3.8, 4) is 0 Å². The van der Waals surface area contributed by atoms with Gasteiger partial charge in [0, 0.05) is 13.7 Å². The maximum atomic E-state index is 5.51. The summed E-state index contributed by atoms with van der Waals surface area (Å²) < 4.78 is 5.37. The van der Waals surface area contributed by atoms with Gasteiger partial charge in [0.05, 0.1) is 6.10 Å². The van der Waals surface area contributed by atoms with Crippen molar-refractivity contribution in [3.63, 3.8) is 0 Å². The molecule has 1 unspecified atom stereocenters. The average Bonchev–Trinajstić information content (AvgIpc) is 2.19. The van der Waals surface area contributed by atoms with Crippen molar-refractivity contribution in [1.82, 2.24) is 4.90 Å². The highest BCUT2D eigenvalue weighted by molar-refractivity contribution is 4.69. The van der Waals surface area contributed by atoms with E-state index in [1.165, 1.54) is 32.4 Å². The molecule has 0 aromatic rings. The molecule has 2 N–H and O–H groups in total. The summed E-state index contributed by atoms with van der Waals surface area (Å²) in [7, 11) is 1.78. The number of hydrogen-bond acceptors (Lipinski definition) is 3. The average molecular weight is 186 g/mol. The van der Waals surface area contributed by atoms with Gasteiger partial charge >= 0.3 is 0 Å². The SMILES string of the molecule is COC(CCN)CN1CCCCC1. The van der Waals surface area contributed by atoms with E-state index in [2.05, 4.69) is 4.90 Å². The summed E-state index contributed by atoms with van der Waals surface area (Å²) in [5.41, 5.74) is 5.51. The number of piperidine rings is 1. The van der Waals surface area contributed by atoms with Crippen molar-refractivity contribution in [1.29, 1.82) is 0 Å². The molecule has 0 aliphatic carbocycles. The fourth-order valence-electron chi connectivity index (χ4n) is 1.90. The van der Waals surface area contributed by atoms with E-state index in [1.54, 1.807) is 7.11 Å². The minimum atomic E-state index is 0.336. The van der Waals surface area contributed by atoms with Crippen LogP contribution in [0, 0.1) is 0 Å². The van der Waals surface area contributed by atoms with Crippen molar-refractivity contribution in [2.75, 3.05) is 33.3 Å². The highest BCUT2D eigenvalue weighted by Crippen LogP contribution is 2.10. The molecule has 0 aromatic carbocycles. The van der Waals surface area contributed by atoms with Crippen LogP contribution in [0.5, 0.6) is 0 Å². The third kappa shape index (κ3) is 4.07. The van der Waals surface area contributed by atoms with Crippen molar-refractivity contribution < 1.29 is 4.74 Å². The molecule has 0 amide bonds. The van der Waals surface area contributed by atoms with Crippen LogP contribution in [0.25, 0.3) is 0 Å². The highest BCUT2D eigenvalue weighted by atomic mass is 16.5. The molecular formula is C10H22N2O. The van der Waals surface area contributed by atoms with Gasteiger partial charge in [0.25, 0.3) is 0 Å². The molecule has 1 atom stereocenters. The predicted molar refractivity (Wildman–Crippen MR) is 54.8 cm³/mol. The van der Waals surface area contributed by atoms with Gasteiger partial charge in [0.1, 0.15) is 0 Å². The van der Waals surface area contributed by atoms with Crippen molar-refractivity contribution in [2.45, 2.75) is 31.8 Å². The molecular weight excluding hydrogens is 164 g/mol. The Morgan fingerprint density at radius 2 is 2.00 bits per heavy atom. The lowest BCUT2D eigenvalue weighted by molar-refractivity contribution is 0.0535. The molecule has 3 heteroatoms. The molecule has 78 valence electrons. The van der Waals surface area contributed by atoms with Gasteiger partial charge < -0.3 is 15.4 Å². The van der Waals surface area contributed by atoms with Gasteiger partial charge in [-0.15, -0.1) is 0 Å². The molecule has 3 nitrogen and oxygen atoms in total.